The maximum atomic E-state index is 13.3. The van der Waals surface area contributed by atoms with Crippen molar-refractivity contribution in [2.45, 2.75) is 31.0 Å². The Morgan fingerprint density at radius 2 is 1.69 bits per heavy atom. The number of nitrogens with one attached hydrogen (secondary N) is 1. The number of benzene rings is 2. The summed E-state index contributed by atoms with van der Waals surface area (Å²) < 4.78 is 18.1. The maximum absolute atomic E-state index is 13.3. The topological polar surface area (TPSA) is 81.5 Å². The van der Waals surface area contributed by atoms with Crippen LogP contribution in [0.1, 0.15) is 28.7 Å². The molecule has 136 valence electrons. The molecule has 1 aliphatic heterocycles. The van der Waals surface area contributed by atoms with Gasteiger partial charge in [-0.05, 0) is 30.2 Å². The van der Waals surface area contributed by atoms with Crippen molar-refractivity contribution in [1.29, 1.82) is 0 Å². The number of nitrogens with zero attached hydrogens (tertiary/aromatic N) is 1. The fourth-order valence-electron chi connectivity index (χ4n) is 3.54. The third-order valence-corrected chi connectivity index (χ3v) is 4.82. The van der Waals surface area contributed by atoms with Crippen molar-refractivity contribution in [2.75, 3.05) is 7.11 Å². The van der Waals surface area contributed by atoms with Crippen LogP contribution in [0.15, 0.2) is 48.5 Å². The number of nitro groups is 1. The smallest absolute Gasteiger partial charge is 0.323 e. The average Bonchev–Trinajstić information content (AvgIpc) is 3.03. The number of methoxy groups -OCH3 is 1. The highest BCUT2D eigenvalue weighted by Crippen LogP contribution is 2.40. The van der Waals surface area contributed by atoms with Crippen molar-refractivity contribution in [3.8, 4) is 0 Å². The number of rotatable bonds is 4. The molecule has 2 aromatic rings. The van der Waals surface area contributed by atoms with E-state index in [0.717, 1.165) is 11.1 Å². The number of hydrogen-bond donors (Lipinski definition) is 1. The van der Waals surface area contributed by atoms with Crippen molar-refractivity contribution in [3.05, 3.63) is 81.2 Å². The molecule has 1 heterocycles. The Bertz CT molecular complexity index is 807. The van der Waals surface area contributed by atoms with E-state index < -0.39 is 35.8 Å². The van der Waals surface area contributed by atoms with Crippen molar-refractivity contribution >= 4 is 5.97 Å². The second-order valence-electron chi connectivity index (χ2n) is 6.41. The number of aryl methyl sites for hydroxylation is 1. The monoisotopic (exact) mass is 358 g/mol. The molecule has 0 amide bonds. The minimum Gasteiger partial charge on any atom is -0.468 e. The van der Waals surface area contributed by atoms with Gasteiger partial charge >= 0.3 is 5.97 Å². The van der Waals surface area contributed by atoms with Gasteiger partial charge in [-0.25, -0.2) is 4.39 Å². The minimum atomic E-state index is -1.09. The van der Waals surface area contributed by atoms with E-state index in [1.807, 2.05) is 31.2 Å². The summed E-state index contributed by atoms with van der Waals surface area (Å²) in [7, 11) is 1.24. The van der Waals surface area contributed by atoms with E-state index >= 15 is 0 Å². The molecule has 0 radical (unpaired) electrons. The van der Waals surface area contributed by atoms with Crippen LogP contribution in [-0.2, 0) is 9.53 Å². The first kappa shape index (κ1) is 18.0. The Kier molecular flexibility index (Phi) is 4.99. The molecule has 7 heteroatoms. The predicted octanol–water partition coefficient (Wildman–Crippen LogP) is 2.75. The first-order chi connectivity index (χ1) is 12.4. The van der Waals surface area contributed by atoms with Crippen LogP contribution in [0.3, 0.4) is 0 Å². The number of hydrogen-bond acceptors (Lipinski definition) is 5. The summed E-state index contributed by atoms with van der Waals surface area (Å²) in [5.41, 5.74) is 2.27. The molecule has 3 rings (SSSR count). The molecule has 1 aliphatic rings. The van der Waals surface area contributed by atoms with Gasteiger partial charge in [0.15, 0.2) is 0 Å². The lowest BCUT2D eigenvalue weighted by atomic mass is 9.85. The Labute approximate surface area is 150 Å². The van der Waals surface area contributed by atoms with Crippen LogP contribution in [0.25, 0.3) is 0 Å². The normalized spacial score (nSPS) is 25.0. The lowest BCUT2D eigenvalue weighted by molar-refractivity contribution is -0.527. The zero-order chi connectivity index (χ0) is 18.8. The molecule has 0 saturated carbocycles. The van der Waals surface area contributed by atoms with Crippen molar-refractivity contribution in [1.82, 2.24) is 5.32 Å². The molecule has 4 atom stereocenters. The van der Waals surface area contributed by atoms with Gasteiger partial charge in [0, 0.05) is 4.92 Å². The number of carbonyl (C=O) groups excluding carboxylic acids is 1. The van der Waals surface area contributed by atoms with Gasteiger partial charge in [0.2, 0.25) is 6.04 Å². The van der Waals surface area contributed by atoms with E-state index in [-0.39, 0.29) is 4.92 Å². The molecule has 1 saturated heterocycles. The Morgan fingerprint density at radius 3 is 2.23 bits per heavy atom. The van der Waals surface area contributed by atoms with Gasteiger partial charge < -0.3 is 4.74 Å². The van der Waals surface area contributed by atoms with Gasteiger partial charge in [-0.15, -0.1) is 0 Å². The predicted molar refractivity (Wildman–Crippen MR) is 92.8 cm³/mol. The van der Waals surface area contributed by atoms with Crippen LogP contribution < -0.4 is 5.32 Å². The van der Waals surface area contributed by atoms with Crippen LogP contribution in [0, 0.1) is 22.9 Å². The second-order valence-corrected chi connectivity index (χ2v) is 6.41. The molecular formula is C19H19FN2O4. The maximum Gasteiger partial charge on any atom is 0.323 e. The van der Waals surface area contributed by atoms with Crippen LogP contribution >= 0.6 is 0 Å². The van der Waals surface area contributed by atoms with Crippen molar-refractivity contribution in [2.24, 2.45) is 0 Å². The number of halogens is 1. The lowest BCUT2D eigenvalue weighted by Gasteiger charge is -2.19. The summed E-state index contributed by atoms with van der Waals surface area (Å²) in [4.78, 5) is 23.8. The van der Waals surface area contributed by atoms with Crippen LogP contribution in [0.4, 0.5) is 4.39 Å². The van der Waals surface area contributed by atoms with Crippen LogP contribution in [0.5, 0.6) is 0 Å². The third kappa shape index (κ3) is 3.30. The zero-order valence-corrected chi connectivity index (χ0v) is 14.4. The summed E-state index contributed by atoms with van der Waals surface area (Å²) in [6.45, 7) is 1.93. The quantitative estimate of drug-likeness (QED) is 0.516. The SMILES string of the molecule is COC(=O)[C@H]1N[C@@H](c2ccc(C)cc2)[C@@H]([N+](=O)[O-])[C@@H]1c1ccc(F)cc1. The highest BCUT2D eigenvalue weighted by Gasteiger charge is 2.54. The summed E-state index contributed by atoms with van der Waals surface area (Å²) in [5.74, 6) is -1.80. The summed E-state index contributed by atoms with van der Waals surface area (Å²) in [6, 6.07) is 10.1. The van der Waals surface area contributed by atoms with Gasteiger partial charge in [-0.3, -0.25) is 20.2 Å². The van der Waals surface area contributed by atoms with E-state index in [1.54, 1.807) is 0 Å². The molecule has 26 heavy (non-hydrogen) atoms. The van der Waals surface area contributed by atoms with E-state index in [1.165, 1.54) is 31.4 Å². The molecule has 0 bridgehead atoms. The summed E-state index contributed by atoms with van der Waals surface area (Å²) in [6.07, 6.45) is 0. The van der Waals surface area contributed by atoms with E-state index in [0.29, 0.717) is 5.56 Å². The lowest BCUT2D eigenvalue weighted by Crippen LogP contribution is -2.37. The molecule has 6 nitrogen and oxygen atoms in total. The first-order valence-corrected chi connectivity index (χ1v) is 8.21. The molecule has 0 aliphatic carbocycles. The number of ether oxygens (including phenoxy) is 1. The molecule has 1 fully saturated rings. The summed E-state index contributed by atoms with van der Waals surface area (Å²) in [5, 5.41) is 15.0. The third-order valence-electron chi connectivity index (χ3n) is 4.82. The highest BCUT2D eigenvalue weighted by molar-refractivity contribution is 5.78. The molecule has 2 aromatic carbocycles. The highest BCUT2D eigenvalue weighted by atomic mass is 19.1. The fourth-order valence-corrected chi connectivity index (χ4v) is 3.54. The van der Waals surface area contributed by atoms with Gasteiger partial charge in [0.1, 0.15) is 17.9 Å². The van der Waals surface area contributed by atoms with E-state index in [2.05, 4.69) is 5.32 Å². The van der Waals surface area contributed by atoms with Crippen LogP contribution in [0.2, 0.25) is 0 Å². The standard InChI is InChI=1S/C19H19FN2O4/c1-11-3-5-13(6-4-11)16-18(22(24)25)15(17(21-16)19(23)26-2)12-7-9-14(20)10-8-12/h3-10,15-18,21H,1-2H3/t15-,16+,17+,18+/m1/s1. The van der Waals surface area contributed by atoms with Crippen molar-refractivity contribution < 1.29 is 18.8 Å². The molecule has 0 unspecified atom stereocenters. The Hall–Kier alpha value is -2.80. The van der Waals surface area contributed by atoms with Gasteiger partial charge in [0.05, 0.1) is 13.0 Å². The Balaban J connectivity index is 2.07. The molecule has 1 N–H and O–H groups in total. The molecule has 0 spiro atoms. The average molecular weight is 358 g/mol. The number of esters is 1. The van der Waals surface area contributed by atoms with Gasteiger partial charge in [-0.1, -0.05) is 42.0 Å². The molecule has 0 aromatic heterocycles. The minimum absolute atomic E-state index is 0.380. The van der Waals surface area contributed by atoms with Gasteiger partial charge in [-0.2, -0.15) is 0 Å². The Morgan fingerprint density at radius 1 is 1.12 bits per heavy atom. The number of carbonyl (C=O) groups is 1. The zero-order valence-electron chi connectivity index (χ0n) is 14.4. The van der Waals surface area contributed by atoms with E-state index in [9.17, 15) is 19.3 Å². The second kappa shape index (κ2) is 7.21. The summed E-state index contributed by atoms with van der Waals surface area (Å²) >= 11 is 0. The largest absolute Gasteiger partial charge is 0.468 e. The first-order valence-electron chi connectivity index (χ1n) is 8.21. The molecular weight excluding hydrogens is 339 g/mol. The van der Waals surface area contributed by atoms with Crippen molar-refractivity contribution in [3.63, 3.8) is 0 Å². The van der Waals surface area contributed by atoms with Gasteiger partial charge in [0.25, 0.3) is 0 Å². The fraction of sp³-hybridized carbons (Fsp3) is 0.316. The van der Waals surface area contributed by atoms with E-state index in [4.69, 9.17) is 4.74 Å². The van der Waals surface area contributed by atoms with Crippen LogP contribution in [-0.4, -0.2) is 30.1 Å².